The van der Waals surface area contributed by atoms with Crippen molar-refractivity contribution in [2.24, 2.45) is 16.6 Å². The largest absolute Gasteiger partial charge is 0.468 e. The molecular formula is C11H18FNO2. The van der Waals surface area contributed by atoms with Crippen LogP contribution in [0.1, 0.15) is 32.1 Å². The first kappa shape index (κ1) is 10.9. The van der Waals surface area contributed by atoms with Crippen molar-refractivity contribution in [2.75, 3.05) is 13.8 Å². The predicted octanol–water partition coefficient (Wildman–Crippen LogP) is 1.41. The van der Waals surface area contributed by atoms with Gasteiger partial charge in [-0.1, -0.05) is 0 Å². The van der Waals surface area contributed by atoms with Crippen molar-refractivity contribution in [1.29, 1.82) is 0 Å². The number of rotatable bonds is 5. The van der Waals surface area contributed by atoms with Gasteiger partial charge in [0.2, 0.25) is 0 Å². The molecule has 0 amide bonds. The van der Waals surface area contributed by atoms with Gasteiger partial charge in [0.1, 0.15) is 6.04 Å². The molecule has 0 aromatic heterocycles. The number of esters is 1. The fraction of sp³-hybridized carbons (Fsp3) is 0.909. The Balaban J connectivity index is 1.84. The van der Waals surface area contributed by atoms with Crippen LogP contribution in [0.5, 0.6) is 0 Å². The topological polar surface area (TPSA) is 52.3 Å². The molecule has 3 rings (SSSR count). The lowest BCUT2D eigenvalue weighted by molar-refractivity contribution is -0.225. The van der Waals surface area contributed by atoms with Gasteiger partial charge in [0, 0.05) is 0 Å². The van der Waals surface area contributed by atoms with Crippen molar-refractivity contribution in [1.82, 2.24) is 0 Å². The van der Waals surface area contributed by atoms with E-state index < -0.39 is 6.04 Å². The minimum Gasteiger partial charge on any atom is -0.468 e. The maximum atomic E-state index is 12.0. The van der Waals surface area contributed by atoms with E-state index in [4.69, 9.17) is 5.73 Å². The van der Waals surface area contributed by atoms with Crippen molar-refractivity contribution in [2.45, 2.75) is 38.1 Å². The van der Waals surface area contributed by atoms with Gasteiger partial charge in [-0.25, -0.2) is 0 Å². The molecule has 0 aromatic rings. The van der Waals surface area contributed by atoms with Gasteiger partial charge in [-0.2, -0.15) is 0 Å². The van der Waals surface area contributed by atoms with Gasteiger partial charge in [-0.05, 0) is 42.9 Å². The molecular weight excluding hydrogens is 197 g/mol. The Hall–Kier alpha value is -0.640. The summed E-state index contributed by atoms with van der Waals surface area (Å²) in [5.41, 5.74) is 6.15. The van der Waals surface area contributed by atoms with Crippen LogP contribution in [-0.4, -0.2) is 25.8 Å². The van der Waals surface area contributed by atoms with E-state index in [9.17, 15) is 9.18 Å². The van der Waals surface area contributed by atoms with Gasteiger partial charge < -0.3 is 10.5 Å². The van der Waals surface area contributed by atoms with E-state index in [-0.39, 0.29) is 18.1 Å². The summed E-state index contributed by atoms with van der Waals surface area (Å²) < 4.78 is 16.7. The molecule has 3 aliphatic rings. The van der Waals surface area contributed by atoms with Gasteiger partial charge in [-0.15, -0.1) is 0 Å². The zero-order chi connectivity index (χ0) is 11.1. The maximum Gasteiger partial charge on any atom is 0.323 e. The van der Waals surface area contributed by atoms with Crippen LogP contribution in [0.15, 0.2) is 0 Å². The minimum absolute atomic E-state index is 0.0105. The van der Waals surface area contributed by atoms with Crippen LogP contribution in [0, 0.1) is 10.8 Å². The number of hydrogen-bond acceptors (Lipinski definition) is 3. The van der Waals surface area contributed by atoms with E-state index in [1.165, 1.54) is 7.11 Å². The molecule has 0 radical (unpaired) electrons. The molecule has 3 nitrogen and oxygen atoms in total. The molecule has 0 aromatic carbocycles. The second kappa shape index (κ2) is 3.44. The maximum absolute atomic E-state index is 12.0. The Bertz CT molecular complexity index is 260. The fourth-order valence-corrected chi connectivity index (χ4v) is 3.50. The summed E-state index contributed by atoms with van der Waals surface area (Å²) in [5, 5.41) is 0. The highest BCUT2D eigenvalue weighted by atomic mass is 19.1. The molecule has 3 aliphatic carbocycles. The molecule has 1 unspecified atom stereocenters. The third kappa shape index (κ3) is 1.46. The lowest BCUT2D eigenvalue weighted by Gasteiger charge is -2.72. The number of carbonyl (C=O) groups is 1. The highest BCUT2D eigenvalue weighted by molar-refractivity contribution is 5.77. The first-order valence-electron chi connectivity index (χ1n) is 5.47. The normalized spacial score (nSPS) is 38.9. The Kier molecular flexibility index (Phi) is 2.49. The van der Waals surface area contributed by atoms with Crippen LogP contribution in [-0.2, 0) is 9.53 Å². The second-order valence-electron chi connectivity index (χ2n) is 5.19. The summed E-state index contributed by atoms with van der Waals surface area (Å²) in [4.78, 5) is 11.3. The number of hydrogen-bond donors (Lipinski definition) is 1. The molecule has 0 saturated heterocycles. The van der Waals surface area contributed by atoms with E-state index in [0.29, 0.717) is 11.8 Å². The molecule has 0 spiro atoms. The van der Waals surface area contributed by atoms with Crippen LogP contribution in [0.4, 0.5) is 4.39 Å². The van der Waals surface area contributed by atoms with E-state index >= 15 is 0 Å². The number of carbonyl (C=O) groups excluding carboxylic acids is 1. The van der Waals surface area contributed by atoms with Crippen molar-refractivity contribution in [3.8, 4) is 0 Å². The van der Waals surface area contributed by atoms with Crippen molar-refractivity contribution >= 4 is 5.97 Å². The first-order valence-corrected chi connectivity index (χ1v) is 5.47. The smallest absolute Gasteiger partial charge is 0.323 e. The van der Waals surface area contributed by atoms with Crippen LogP contribution < -0.4 is 5.73 Å². The molecule has 15 heavy (non-hydrogen) atoms. The SMILES string of the molecule is COC(=O)C(N)C12CC(CCCF)(C1)C2. The van der Waals surface area contributed by atoms with Crippen molar-refractivity contribution in [3.05, 3.63) is 0 Å². The van der Waals surface area contributed by atoms with Gasteiger partial charge in [0.15, 0.2) is 0 Å². The van der Waals surface area contributed by atoms with Gasteiger partial charge in [0.05, 0.1) is 13.8 Å². The summed E-state index contributed by atoms with van der Waals surface area (Å²) >= 11 is 0. The standard InChI is InChI=1S/C11H18FNO2/c1-15-9(14)8(13)11-5-10(6-11,7-11)3-2-4-12/h8H,2-7,13H2,1H3. The lowest BCUT2D eigenvalue weighted by Crippen LogP contribution is -2.70. The van der Waals surface area contributed by atoms with Gasteiger partial charge in [0.25, 0.3) is 0 Å². The Morgan fingerprint density at radius 1 is 1.53 bits per heavy atom. The summed E-state index contributed by atoms with van der Waals surface area (Å²) in [5.74, 6) is -0.311. The zero-order valence-corrected chi connectivity index (χ0v) is 9.09. The predicted molar refractivity (Wildman–Crippen MR) is 53.9 cm³/mol. The average molecular weight is 215 g/mol. The van der Waals surface area contributed by atoms with Crippen LogP contribution >= 0.6 is 0 Å². The minimum atomic E-state index is -0.477. The Labute approximate surface area is 89.2 Å². The molecule has 1 atom stereocenters. The monoisotopic (exact) mass is 215 g/mol. The molecule has 3 fully saturated rings. The van der Waals surface area contributed by atoms with E-state index in [2.05, 4.69) is 4.74 Å². The number of nitrogens with two attached hydrogens (primary N) is 1. The number of ether oxygens (including phenoxy) is 1. The van der Waals surface area contributed by atoms with Crippen molar-refractivity contribution < 1.29 is 13.9 Å². The Morgan fingerprint density at radius 3 is 2.60 bits per heavy atom. The summed E-state index contributed by atoms with van der Waals surface area (Å²) in [6.45, 7) is -0.238. The van der Waals surface area contributed by atoms with E-state index in [1.54, 1.807) is 0 Å². The van der Waals surface area contributed by atoms with Crippen LogP contribution in [0.2, 0.25) is 0 Å². The number of methoxy groups -OCH3 is 1. The van der Waals surface area contributed by atoms with E-state index in [0.717, 1.165) is 25.7 Å². The van der Waals surface area contributed by atoms with E-state index in [1.807, 2.05) is 0 Å². The van der Waals surface area contributed by atoms with Gasteiger partial charge >= 0.3 is 5.97 Å². The third-order valence-corrected chi connectivity index (χ3v) is 4.14. The van der Waals surface area contributed by atoms with Crippen molar-refractivity contribution in [3.63, 3.8) is 0 Å². The quantitative estimate of drug-likeness (QED) is 0.705. The Morgan fingerprint density at radius 2 is 2.13 bits per heavy atom. The third-order valence-electron chi connectivity index (χ3n) is 4.14. The molecule has 2 N–H and O–H groups in total. The molecule has 4 heteroatoms. The molecule has 0 heterocycles. The second-order valence-corrected chi connectivity index (χ2v) is 5.19. The summed E-state index contributed by atoms with van der Waals surface area (Å²) in [6.07, 6.45) is 4.53. The average Bonchev–Trinajstić information content (AvgIpc) is 2.12. The molecule has 86 valence electrons. The highest BCUT2D eigenvalue weighted by Gasteiger charge is 2.70. The van der Waals surface area contributed by atoms with Crippen LogP contribution in [0.3, 0.4) is 0 Å². The summed E-state index contributed by atoms with van der Waals surface area (Å²) in [6, 6.07) is -0.477. The van der Waals surface area contributed by atoms with Crippen LogP contribution in [0.25, 0.3) is 0 Å². The summed E-state index contributed by atoms with van der Waals surface area (Å²) in [7, 11) is 1.37. The molecule has 2 bridgehead atoms. The molecule has 0 aliphatic heterocycles. The number of alkyl halides is 1. The zero-order valence-electron chi connectivity index (χ0n) is 9.09. The highest BCUT2D eigenvalue weighted by Crippen LogP contribution is 2.76. The lowest BCUT2D eigenvalue weighted by atomic mass is 9.32. The first-order chi connectivity index (χ1) is 7.07. The fourth-order valence-electron chi connectivity index (χ4n) is 3.50. The molecule has 3 saturated carbocycles. The number of halogens is 1. The van der Waals surface area contributed by atoms with Gasteiger partial charge in [-0.3, -0.25) is 9.18 Å².